The van der Waals surface area contributed by atoms with E-state index in [0.717, 1.165) is 18.4 Å². The zero-order valence-electron chi connectivity index (χ0n) is 14.9. The molecule has 3 rings (SSSR count). The summed E-state index contributed by atoms with van der Waals surface area (Å²) in [6.07, 6.45) is 3.10. The number of hydrogen-bond donors (Lipinski definition) is 0. The van der Waals surface area contributed by atoms with E-state index in [1.807, 2.05) is 13.0 Å². The fourth-order valence-electron chi connectivity index (χ4n) is 3.92. The molecule has 6 heteroatoms. The lowest BCUT2D eigenvalue weighted by Gasteiger charge is -2.29. The van der Waals surface area contributed by atoms with Gasteiger partial charge in [-0.2, -0.15) is 0 Å². The van der Waals surface area contributed by atoms with Crippen LogP contribution in [0.15, 0.2) is 18.2 Å². The quantitative estimate of drug-likeness (QED) is 0.776. The summed E-state index contributed by atoms with van der Waals surface area (Å²) < 4.78 is 37.1. The highest BCUT2D eigenvalue weighted by Crippen LogP contribution is 2.45. The molecule has 25 heavy (non-hydrogen) atoms. The van der Waals surface area contributed by atoms with Gasteiger partial charge in [-0.1, -0.05) is 12.1 Å². The lowest BCUT2D eigenvalue weighted by atomic mass is 9.89. The Morgan fingerprint density at radius 2 is 2.04 bits per heavy atom. The summed E-state index contributed by atoms with van der Waals surface area (Å²) in [5.74, 6) is 0.610. The lowest BCUT2D eigenvalue weighted by molar-refractivity contribution is -0.133. The topological polar surface area (TPSA) is 54.5 Å². The van der Waals surface area contributed by atoms with Crippen molar-refractivity contribution in [2.75, 3.05) is 18.1 Å². The van der Waals surface area contributed by atoms with Gasteiger partial charge >= 0.3 is 0 Å². The van der Waals surface area contributed by atoms with Crippen molar-refractivity contribution in [1.29, 1.82) is 0 Å². The van der Waals surface area contributed by atoms with Crippen LogP contribution in [0.1, 0.15) is 49.7 Å². The Bertz CT molecular complexity index is 758. The molecule has 138 valence electrons. The molecule has 0 bridgehead atoms. The van der Waals surface area contributed by atoms with E-state index < -0.39 is 9.84 Å². The second-order valence-corrected chi connectivity index (χ2v) is 9.62. The van der Waals surface area contributed by atoms with Crippen LogP contribution < -0.4 is 0 Å². The normalized spacial score (nSPS) is 23.4. The molecule has 1 aromatic carbocycles. The van der Waals surface area contributed by atoms with Gasteiger partial charge < -0.3 is 4.90 Å². The third kappa shape index (κ3) is 4.22. The molecule has 2 atom stereocenters. The van der Waals surface area contributed by atoms with Gasteiger partial charge in [0.15, 0.2) is 9.84 Å². The monoisotopic (exact) mass is 367 g/mol. The molecule has 0 N–H and O–H groups in total. The summed E-state index contributed by atoms with van der Waals surface area (Å²) in [6.45, 7) is 4.17. The first-order valence-electron chi connectivity index (χ1n) is 9.06. The summed E-state index contributed by atoms with van der Waals surface area (Å²) in [7, 11) is -3.01. The Morgan fingerprint density at radius 3 is 2.56 bits per heavy atom. The largest absolute Gasteiger partial charge is 0.339 e. The Kier molecular flexibility index (Phi) is 5.19. The smallest absolute Gasteiger partial charge is 0.223 e. The van der Waals surface area contributed by atoms with Gasteiger partial charge in [-0.15, -0.1) is 0 Å². The Hall–Kier alpha value is -1.43. The average Bonchev–Trinajstić information content (AvgIpc) is 3.32. The molecule has 0 spiro atoms. The molecule has 1 heterocycles. The van der Waals surface area contributed by atoms with Crippen LogP contribution in [-0.2, 0) is 14.6 Å². The molecule has 1 amide bonds. The third-order valence-corrected chi connectivity index (χ3v) is 7.26. The van der Waals surface area contributed by atoms with Crippen LogP contribution in [0.25, 0.3) is 0 Å². The third-order valence-electron chi connectivity index (χ3n) is 5.51. The lowest BCUT2D eigenvalue weighted by Crippen LogP contribution is -2.41. The van der Waals surface area contributed by atoms with Crippen molar-refractivity contribution in [2.45, 2.75) is 51.5 Å². The van der Waals surface area contributed by atoms with E-state index in [9.17, 15) is 17.6 Å². The first-order valence-corrected chi connectivity index (χ1v) is 10.9. The fourth-order valence-corrected chi connectivity index (χ4v) is 5.65. The minimum absolute atomic E-state index is 0.0171. The van der Waals surface area contributed by atoms with Crippen LogP contribution in [0, 0.1) is 18.7 Å². The van der Waals surface area contributed by atoms with Crippen LogP contribution in [0.2, 0.25) is 0 Å². The fraction of sp³-hybridized carbons (Fsp3) is 0.632. The van der Waals surface area contributed by atoms with Gasteiger partial charge in [0.1, 0.15) is 5.82 Å². The van der Waals surface area contributed by atoms with Crippen LogP contribution in [0.5, 0.6) is 0 Å². The van der Waals surface area contributed by atoms with Crippen LogP contribution >= 0.6 is 0 Å². The number of halogens is 1. The molecule has 4 nitrogen and oxygen atoms in total. The second kappa shape index (κ2) is 7.06. The molecule has 1 aliphatic heterocycles. The molecule has 1 aliphatic carbocycles. The van der Waals surface area contributed by atoms with Gasteiger partial charge in [-0.05, 0) is 62.1 Å². The highest BCUT2D eigenvalue weighted by atomic mass is 32.2. The van der Waals surface area contributed by atoms with Gasteiger partial charge in [-0.3, -0.25) is 4.79 Å². The highest BCUT2D eigenvalue weighted by Gasteiger charge is 2.38. The van der Waals surface area contributed by atoms with Crippen LogP contribution in [0.3, 0.4) is 0 Å². The molecule has 1 aromatic rings. The van der Waals surface area contributed by atoms with Crippen LogP contribution in [-0.4, -0.2) is 43.3 Å². The molecule has 0 aromatic heterocycles. The van der Waals surface area contributed by atoms with E-state index in [-0.39, 0.29) is 35.2 Å². The van der Waals surface area contributed by atoms with Gasteiger partial charge in [0.05, 0.1) is 11.5 Å². The Balaban J connectivity index is 1.75. The van der Waals surface area contributed by atoms with E-state index in [4.69, 9.17) is 0 Å². The molecular formula is C19H26FNO3S. The van der Waals surface area contributed by atoms with Crippen LogP contribution in [0.4, 0.5) is 4.39 Å². The van der Waals surface area contributed by atoms with Gasteiger partial charge in [0.25, 0.3) is 0 Å². The van der Waals surface area contributed by atoms with Crippen molar-refractivity contribution in [2.24, 2.45) is 5.92 Å². The number of rotatable bonds is 6. The van der Waals surface area contributed by atoms with Crippen molar-refractivity contribution < 1.29 is 17.6 Å². The summed E-state index contributed by atoms with van der Waals surface area (Å²) >= 11 is 0. The Morgan fingerprint density at radius 1 is 1.32 bits per heavy atom. The van der Waals surface area contributed by atoms with E-state index in [0.29, 0.717) is 30.9 Å². The minimum atomic E-state index is -3.01. The number of carbonyl (C=O) groups is 1. The summed E-state index contributed by atoms with van der Waals surface area (Å²) in [5, 5.41) is 0. The Labute approximate surface area is 149 Å². The predicted octanol–water partition coefficient (Wildman–Crippen LogP) is 3.05. The number of amides is 1. The number of carbonyl (C=O) groups excluding carboxylic acids is 1. The van der Waals surface area contributed by atoms with Gasteiger partial charge in [0, 0.05) is 19.0 Å². The first kappa shape index (κ1) is 18.4. The van der Waals surface area contributed by atoms with Crippen molar-refractivity contribution in [3.8, 4) is 0 Å². The second-order valence-electron chi connectivity index (χ2n) is 7.39. The summed E-state index contributed by atoms with van der Waals surface area (Å²) in [4.78, 5) is 14.6. The van der Waals surface area contributed by atoms with E-state index in [1.54, 1.807) is 17.9 Å². The zero-order chi connectivity index (χ0) is 18.2. The SMILES string of the molecule is CCN(C(=O)CC(c1ccc(F)c(C)c1)C1CC1)C1CCS(=O)(=O)C1. The molecular weight excluding hydrogens is 341 g/mol. The number of hydrogen-bond acceptors (Lipinski definition) is 3. The van der Waals surface area contributed by atoms with Crippen molar-refractivity contribution in [3.63, 3.8) is 0 Å². The number of nitrogens with zero attached hydrogens (tertiary/aromatic N) is 1. The molecule has 2 unspecified atom stereocenters. The van der Waals surface area contributed by atoms with E-state index in [1.165, 1.54) is 6.07 Å². The molecule has 2 aliphatic rings. The molecule has 0 radical (unpaired) electrons. The van der Waals surface area contributed by atoms with E-state index in [2.05, 4.69) is 0 Å². The van der Waals surface area contributed by atoms with E-state index >= 15 is 0 Å². The van der Waals surface area contributed by atoms with Crippen molar-refractivity contribution in [3.05, 3.63) is 35.1 Å². The molecule has 1 saturated heterocycles. The maximum absolute atomic E-state index is 13.6. The maximum atomic E-state index is 13.6. The maximum Gasteiger partial charge on any atom is 0.223 e. The van der Waals surface area contributed by atoms with Crippen molar-refractivity contribution >= 4 is 15.7 Å². The number of aryl methyl sites for hydroxylation is 1. The number of sulfone groups is 1. The summed E-state index contributed by atoms with van der Waals surface area (Å²) in [5.41, 5.74) is 1.62. The minimum Gasteiger partial charge on any atom is -0.339 e. The average molecular weight is 367 g/mol. The number of benzene rings is 1. The summed E-state index contributed by atoms with van der Waals surface area (Å²) in [6, 6.07) is 4.92. The van der Waals surface area contributed by atoms with Gasteiger partial charge in [0.2, 0.25) is 5.91 Å². The zero-order valence-corrected chi connectivity index (χ0v) is 15.7. The molecule has 2 fully saturated rings. The highest BCUT2D eigenvalue weighted by molar-refractivity contribution is 7.91. The van der Waals surface area contributed by atoms with Gasteiger partial charge in [-0.25, -0.2) is 12.8 Å². The standard InChI is InChI=1S/C19H26FNO3S/c1-3-21(16-8-9-25(23,24)12-16)19(22)11-17(14-4-5-14)15-6-7-18(20)13(2)10-15/h6-7,10,14,16-17H,3-5,8-9,11-12H2,1-2H3. The first-order chi connectivity index (χ1) is 11.8. The van der Waals surface area contributed by atoms with Crippen molar-refractivity contribution in [1.82, 2.24) is 4.90 Å². The molecule has 1 saturated carbocycles. The predicted molar refractivity (Wildman–Crippen MR) is 95.7 cm³/mol.